The Balaban J connectivity index is 1.91. The molecule has 3 rings (SSSR count). The van der Waals surface area contributed by atoms with Crippen LogP contribution in [0.25, 0.3) is 0 Å². The zero-order valence-corrected chi connectivity index (χ0v) is 10.3. The number of benzene rings is 1. The van der Waals surface area contributed by atoms with Gasteiger partial charge in [-0.15, -0.1) is 10.2 Å². The molecule has 0 radical (unpaired) electrons. The Labute approximate surface area is 106 Å². The summed E-state index contributed by atoms with van der Waals surface area (Å²) in [6, 6.07) is 8.16. The van der Waals surface area contributed by atoms with Gasteiger partial charge in [-0.25, -0.2) is 0 Å². The van der Waals surface area contributed by atoms with Crippen molar-refractivity contribution in [2.24, 2.45) is 0 Å². The topological polar surface area (TPSA) is 42.7 Å². The maximum absolute atomic E-state index is 4.13. The largest absolute Gasteiger partial charge is 0.308 e. The zero-order chi connectivity index (χ0) is 12.4. The van der Waals surface area contributed by atoms with Gasteiger partial charge in [-0.05, 0) is 30.5 Å². The minimum atomic E-state index is 0.757. The molecule has 0 aliphatic carbocycles. The number of fused-ring (bicyclic) bond motifs is 1. The van der Waals surface area contributed by atoms with Crippen molar-refractivity contribution in [2.75, 3.05) is 6.54 Å². The fraction of sp³-hybridized carbons (Fsp3) is 0.286. The van der Waals surface area contributed by atoms with Gasteiger partial charge in [-0.3, -0.25) is 0 Å². The van der Waals surface area contributed by atoms with Crippen LogP contribution in [0.4, 0.5) is 0 Å². The first-order valence-electron chi connectivity index (χ1n) is 6.04. The van der Waals surface area contributed by atoms with Crippen LogP contribution < -0.4 is 5.32 Å². The standard InChI is InChI=1S/C14H14N4/c1-11-3-2-4-12(9-11)5-6-13-16-17-14-10-15-7-8-18(13)14/h2-4,9,15H,7-8,10H2,1H3. The molecule has 1 N–H and O–H groups in total. The molecule has 0 saturated carbocycles. The summed E-state index contributed by atoms with van der Waals surface area (Å²) in [4.78, 5) is 0. The Bertz CT molecular complexity index is 631. The third kappa shape index (κ3) is 2.13. The molecule has 1 aliphatic rings. The van der Waals surface area contributed by atoms with Crippen molar-refractivity contribution >= 4 is 0 Å². The molecule has 0 saturated heterocycles. The van der Waals surface area contributed by atoms with E-state index in [1.54, 1.807) is 0 Å². The van der Waals surface area contributed by atoms with Crippen molar-refractivity contribution in [1.82, 2.24) is 20.1 Å². The third-order valence-corrected chi connectivity index (χ3v) is 2.96. The van der Waals surface area contributed by atoms with Gasteiger partial charge in [0, 0.05) is 18.7 Å². The van der Waals surface area contributed by atoms with E-state index in [4.69, 9.17) is 0 Å². The summed E-state index contributed by atoms with van der Waals surface area (Å²) < 4.78 is 2.08. The fourth-order valence-corrected chi connectivity index (χ4v) is 2.04. The lowest BCUT2D eigenvalue weighted by atomic mass is 10.1. The molecule has 90 valence electrons. The van der Waals surface area contributed by atoms with Crippen LogP contribution in [-0.4, -0.2) is 21.3 Å². The van der Waals surface area contributed by atoms with Crippen LogP contribution in [-0.2, 0) is 13.1 Å². The monoisotopic (exact) mass is 238 g/mol. The van der Waals surface area contributed by atoms with E-state index in [0.717, 1.165) is 36.8 Å². The van der Waals surface area contributed by atoms with Crippen LogP contribution in [0.15, 0.2) is 24.3 Å². The second kappa shape index (κ2) is 4.63. The predicted molar refractivity (Wildman–Crippen MR) is 68.9 cm³/mol. The lowest BCUT2D eigenvalue weighted by Gasteiger charge is -2.13. The molecule has 4 nitrogen and oxygen atoms in total. The molecule has 0 atom stereocenters. The van der Waals surface area contributed by atoms with Crippen LogP contribution >= 0.6 is 0 Å². The van der Waals surface area contributed by atoms with Gasteiger partial charge >= 0.3 is 0 Å². The quantitative estimate of drug-likeness (QED) is 0.699. The first-order valence-corrected chi connectivity index (χ1v) is 6.04. The van der Waals surface area contributed by atoms with Gasteiger partial charge in [-0.1, -0.05) is 18.1 Å². The third-order valence-electron chi connectivity index (χ3n) is 2.96. The molecular formula is C14H14N4. The van der Waals surface area contributed by atoms with Gasteiger partial charge in [-0.2, -0.15) is 0 Å². The highest BCUT2D eigenvalue weighted by Gasteiger charge is 2.13. The minimum Gasteiger partial charge on any atom is -0.308 e. The number of aryl methyl sites for hydroxylation is 1. The molecule has 0 spiro atoms. The molecule has 18 heavy (non-hydrogen) atoms. The molecule has 0 bridgehead atoms. The van der Waals surface area contributed by atoms with Gasteiger partial charge in [0.1, 0.15) is 5.82 Å². The van der Waals surface area contributed by atoms with Gasteiger partial charge in [0.25, 0.3) is 0 Å². The summed E-state index contributed by atoms with van der Waals surface area (Å²) in [6.07, 6.45) is 0. The van der Waals surface area contributed by atoms with E-state index in [-0.39, 0.29) is 0 Å². The summed E-state index contributed by atoms with van der Waals surface area (Å²) in [6.45, 7) is 4.68. The molecule has 1 aromatic carbocycles. The Morgan fingerprint density at radius 1 is 1.28 bits per heavy atom. The second-order valence-electron chi connectivity index (χ2n) is 4.39. The van der Waals surface area contributed by atoms with E-state index in [0.29, 0.717) is 0 Å². The number of hydrogen-bond acceptors (Lipinski definition) is 3. The Hall–Kier alpha value is -2.12. The number of nitrogens with one attached hydrogen (secondary N) is 1. The van der Waals surface area contributed by atoms with Crippen LogP contribution in [0, 0.1) is 18.8 Å². The molecule has 1 aromatic heterocycles. The molecule has 2 heterocycles. The summed E-state index contributed by atoms with van der Waals surface area (Å²) >= 11 is 0. The summed E-state index contributed by atoms with van der Waals surface area (Å²) in [5.41, 5.74) is 2.23. The van der Waals surface area contributed by atoms with E-state index in [1.807, 2.05) is 12.1 Å². The highest BCUT2D eigenvalue weighted by Crippen LogP contribution is 2.06. The van der Waals surface area contributed by atoms with E-state index < -0.39 is 0 Å². The molecule has 0 fully saturated rings. The number of rotatable bonds is 0. The normalized spacial score (nSPS) is 13.6. The van der Waals surface area contributed by atoms with Crippen molar-refractivity contribution < 1.29 is 0 Å². The Kier molecular flexibility index (Phi) is 2.83. The highest BCUT2D eigenvalue weighted by atomic mass is 15.3. The van der Waals surface area contributed by atoms with E-state index >= 15 is 0 Å². The predicted octanol–water partition coefficient (Wildman–Crippen LogP) is 1.09. The maximum atomic E-state index is 4.13. The van der Waals surface area contributed by atoms with Gasteiger partial charge in [0.05, 0.1) is 6.54 Å². The lowest BCUT2D eigenvalue weighted by Crippen LogP contribution is -2.28. The second-order valence-corrected chi connectivity index (χ2v) is 4.39. The minimum absolute atomic E-state index is 0.757. The zero-order valence-electron chi connectivity index (χ0n) is 10.3. The molecule has 0 unspecified atom stereocenters. The summed E-state index contributed by atoms with van der Waals surface area (Å²) in [7, 11) is 0. The van der Waals surface area contributed by atoms with Crippen molar-refractivity contribution in [3.05, 3.63) is 47.0 Å². The first kappa shape index (κ1) is 11.0. The van der Waals surface area contributed by atoms with E-state index in [2.05, 4.69) is 51.0 Å². The van der Waals surface area contributed by atoms with Crippen molar-refractivity contribution in [3.8, 4) is 11.8 Å². The van der Waals surface area contributed by atoms with Crippen LogP contribution in [0.2, 0.25) is 0 Å². The number of hydrogen-bond donors (Lipinski definition) is 1. The molecular weight excluding hydrogens is 224 g/mol. The van der Waals surface area contributed by atoms with Crippen LogP contribution in [0.3, 0.4) is 0 Å². The van der Waals surface area contributed by atoms with Crippen molar-refractivity contribution in [3.63, 3.8) is 0 Å². The van der Waals surface area contributed by atoms with E-state index in [1.165, 1.54) is 5.56 Å². The van der Waals surface area contributed by atoms with Gasteiger partial charge < -0.3 is 9.88 Å². The Morgan fingerprint density at radius 2 is 2.22 bits per heavy atom. The van der Waals surface area contributed by atoms with E-state index in [9.17, 15) is 0 Å². The fourth-order valence-electron chi connectivity index (χ4n) is 2.04. The number of nitrogens with zero attached hydrogens (tertiary/aromatic N) is 3. The van der Waals surface area contributed by atoms with Crippen LogP contribution in [0.5, 0.6) is 0 Å². The molecule has 0 amide bonds. The maximum Gasteiger partial charge on any atom is 0.208 e. The average molecular weight is 238 g/mol. The average Bonchev–Trinajstić information content (AvgIpc) is 2.80. The molecule has 1 aliphatic heterocycles. The highest BCUT2D eigenvalue weighted by molar-refractivity contribution is 5.40. The first-order chi connectivity index (χ1) is 8.83. The van der Waals surface area contributed by atoms with Crippen LogP contribution in [0.1, 0.15) is 22.8 Å². The van der Waals surface area contributed by atoms with Crippen molar-refractivity contribution in [2.45, 2.75) is 20.0 Å². The SMILES string of the molecule is Cc1cccc(C#Cc2nnc3n2CCNC3)c1. The van der Waals surface area contributed by atoms with Gasteiger partial charge in [0.15, 0.2) is 0 Å². The van der Waals surface area contributed by atoms with Gasteiger partial charge in [0.2, 0.25) is 5.82 Å². The lowest BCUT2D eigenvalue weighted by molar-refractivity contribution is 0.503. The van der Waals surface area contributed by atoms with Crippen molar-refractivity contribution in [1.29, 1.82) is 0 Å². The molecule has 2 aromatic rings. The molecule has 4 heteroatoms. The number of aromatic nitrogens is 3. The Morgan fingerprint density at radius 3 is 3.11 bits per heavy atom. The smallest absolute Gasteiger partial charge is 0.208 e. The summed E-state index contributed by atoms with van der Waals surface area (Å²) in [5.74, 6) is 7.98. The summed E-state index contributed by atoms with van der Waals surface area (Å²) in [5, 5.41) is 11.5.